The highest BCUT2D eigenvalue weighted by atomic mass is 127. The molecule has 1 amide bonds. The maximum absolute atomic E-state index is 12.0. The first-order valence-electron chi connectivity index (χ1n) is 5.12. The molecule has 0 bridgehead atoms. The van der Waals surface area contributed by atoms with Gasteiger partial charge < -0.3 is 5.32 Å². The van der Waals surface area contributed by atoms with E-state index in [0.717, 1.165) is 12.8 Å². The minimum atomic E-state index is -0.163. The van der Waals surface area contributed by atoms with Gasteiger partial charge in [-0.25, -0.2) is 0 Å². The van der Waals surface area contributed by atoms with Crippen LogP contribution in [0.3, 0.4) is 0 Å². The zero-order valence-electron chi connectivity index (χ0n) is 8.71. The van der Waals surface area contributed by atoms with Gasteiger partial charge in [-0.15, -0.1) is 0 Å². The molecule has 0 aromatic carbocycles. The number of fused-ring (bicyclic) bond motifs is 1. The Balaban J connectivity index is 2.16. The molecule has 1 saturated carbocycles. The fourth-order valence-corrected chi connectivity index (χ4v) is 3.05. The molecule has 6 heteroatoms. The summed E-state index contributed by atoms with van der Waals surface area (Å²) in [4.78, 5) is 23.4. The van der Waals surface area contributed by atoms with E-state index in [1.54, 1.807) is 4.68 Å². The van der Waals surface area contributed by atoms with E-state index in [1.165, 1.54) is 6.92 Å². The van der Waals surface area contributed by atoms with Crippen molar-refractivity contribution in [2.45, 2.75) is 31.8 Å². The normalized spacial score (nSPS) is 20.5. The van der Waals surface area contributed by atoms with E-state index >= 15 is 0 Å². The SMILES string of the molecule is CC(=O)c1c(I)nn2c1C(=O)NC1(CC1)C2. The molecule has 0 unspecified atom stereocenters. The summed E-state index contributed by atoms with van der Waals surface area (Å²) in [6.07, 6.45) is 2.01. The number of nitrogens with one attached hydrogen (secondary N) is 1. The average Bonchev–Trinajstić information content (AvgIpc) is 2.79. The van der Waals surface area contributed by atoms with E-state index in [0.29, 0.717) is 21.5 Å². The molecule has 5 nitrogen and oxygen atoms in total. The Kier molecular flexibility index (Phi) is 1.96. The lowest BCUT2D eigenvalue weighted by atomic mass is 10.1. The largest absolute Gasteiger partial charge is 0.343 e. The molecule has 1 aromatic rings. The van der Waals surface area contributed by atoms with E-state index < -0.39 is 0 Å². The fourth-order valence-electron chi connectivity index (χ4n) is 2.15. The number of hydrogen-bond donors (Lipinski definition) is 1. The third-order valence-electron chi connectivity index (χ3n) is 3.16. The number of aromatic nitrogens is 2. The summed E-state index contributed by atoms with van der Waals surface area (Å²) in [7, 11) is 0. The van der Waals surface area contributed by atoms with Crippen molar-refractivity contribution in [2.75, 3.05) is 0 Å². The summed E-state index contributed by atoms with van der Waals surface area (Å²) < 4.78 is 2.30. The number of ketones is 1. The second kappa shape index (κ2) is 3.06. The van der Waals surface area contributed by atoms with Crippen molar-refractivity contribution in [3.8, 4) is 0 Å². The van der Waals surface area contributed by atoms with Gasteiger partial charge in [0.15, 0.2) is 5.78 Å². The zero-order chi connectivity index (χ0) is 11.5. The van der Waals surface area contributed by atoms with Crippen LogP contribution in [0.4, 0.5) is 0 Å². The van der Waals surface area contributed by atoms with Gasteiger partial charge in [0.1, 0.15) is 9.39 Å². The van der Waals surface area contributed by atoms with Crippen LogP contribution in [0, 0.1) is 3.70 Å². The highest BCUT2D eigenvalue weighted by molar-refractivity contribution is 14.1. The lowest BCUT2D eigenvalue weighted by Crippen LogP contribution is -2.46. The van der Waals surface area contributed by atoms with Crippen molar-refractivity contribution in [3.63, 3.8) is 0 Å². The smallest absolute Gasteiger partial charge is 0.270 e. The molecular weight excluding hydrogens is 321 g/mol. The molecule has 0 radical (unpaired) electrons. The van der Waals surface area contributed by atoms with Crippen LogP contribution < -0.4 is 5.32 Å². The lowest BCUT2D eigenvalue weighted by Gasteiger charge is -2.24. The molecule has 1 N–H and O–H groups in total. The first-order chi connectivity index (χ1) is 7.52. The van der Waals surface area contributed by atoms with Gasteiger partial charge in [-0.2, -0.15) is 5.10 Å². The Bertz CT molecular complexity index is 516. The van der Waals surface area contributed by atoms with Crippen LogP contribution in [0.1, 0.15) is 40.6 Å². The van der Waals surface area contributed by atoms with E-state index in [1.807, 2.05) is 22.6 Å². The summed E-state index contributed by atoms with van der Waals surface area (Å²) in [5.41, 5.74) is 0.802. The topological polar surface area (TPSA) is 64.0 Å². The maximum Gasteiger partial charge on any atom is 0.270 e. The minimum Gasteiger partial charge on any atom is -0.343 e. The molecule has 1 aromatic heterocycles. The summed E-state index contributed by atoms with van der Waals surface area (Å²) >= 11 is 2.01. The summed E-state index contributed by atoms with van der Waals surface area (Å²) in [5, 5.41) is 7.26. The Hall–Kier alpha value is -0.920. The molecule has 84 valence electrons. The number of amides is 1. The maximum atomic E-state index is 12.0. The quantitative estimate of drug-likeness (QED) is 0.616. The van der Waals surface area contributed by atoms with Gasteiger partial charge in [0.25, 0.3) is 5.91 Å². The molecule has 16 heavy (non-hydrogen) atoms. The average molecular weight is 331 g/mol. The summed E-state index contributed by atoms with van der Waals surface area (Å²) in [6.45, 7) is 2.16. The second-order valence-corrected chi connectivity index (χ2v) is 5.48. The number of Topliss-reactive ketones (excluding diaryl/α,β-unsaturated/α-hetero) is 1. The van der Waals surface area contributed by atoms with Gasteiger partial charge >= 0.3 is 0 Å². The Morgan fingerprint density at radius 2 is 2.25 bits per heavy atom. The van der Waals surface area contributed by atoms with Crippen molar-refractivity contribution in [1.29, 1.82) is 0 Å². The Morgan fingerprint density at radius 3 is 2.81 bits per heavy atom. The van der Waals surface area contributed by atoms with Crippen molar-refractivity contribution >= 4 is 34.3 Å². The second-order valence-electron chi connectivity index (χ2n) is 4.46. The number of rotatable bonds is 1. The Labute approximate surface area is 106 Å². The molecule has 2 heterocycles. The number of hydrogen-bond acceptors (Lipinski definition) is 3. The number of carbonyl (C=O) groups excluding carboxylic acids is 2. The summed E-state index contributed by atoms with van der Waals surface area (Å²) in [6, 6.07) is 0. The van der Waals surface area contributed by atoms with Crippen LogP contribution in [0.25, 0.3) is 0 Å². The first-order valence-corrected chi connectivity index (χ1v) is 6.20. The van der Waals surface area contributed by atoms with Crippen LogP contribution in [-0.4, -0.2) is 27.0 Å². The van der Waals surface area contributed by atoms with Crippen LogP contribution in [0.5, 0.6) is 0 Å². The van der Waals surface area contributed by atoms with Gasteiger partial charge in [0.2, 0.25) is 0 Å². The number of halogens is 1. The molecular formula is C10H10IN3O2. The minimum absolute atomic E-state index is 0.0761. The van der Waals surface area contributed by atoms with E-state index in [-0.39, 0.29) is 17.2 Å². The van der Waals surface area contributed by atoms with Crippen LogP contribution >= 0.6 is 22.6 Å². The highest BCUT2D eigenvalue weighted by Gasteiger charge is 2.49. The fraction of sp³-hybridized carbons (Fsp3) is 0.500. The third kappa shape index (κ3) is 1.32. The van der Waals surface area contributed by atoms with Crippen molar-refractivity contribution < 1.29 is 9.59 Å². The predicted octanol–water partition coefficient (Wildman–Crippen LogP) is 0.966. The molecule has 1 aliphatic heterocycles. The van der Waals surface area contributed by atoms with Crippen molar-refractivity contribution in [3.05, 3.63) is 15.0 Å². The third-order valence-corrected chi connectivity index (χ3v) is 3.92. The van der Waals surface area contributed by atoms with Gasteiger partial charge in [-0.3, -0.25) is 14.3 Å². The van der Waals surface area contributed by atoms with Crippen molar-refractivity contribution in [1.82, 2.24) is 15.1 Å². The first kappa shape index (κ1) is 10.2. The van der Waals surface area contributed by atoms with Gasteiger partial charge in [0, 0.05) is 0 Å². The summed E-state index contributed by atoms with van der Waals surface area (Å²) in [5.74, 6) is -0.267. The number of nitrogens with zero attached hydrogens (tertiary/aromatic N) is 2. The molecule has 1 spiro atoms. The molecule has 1 fully saturated rings. The molecule has 2 aliphatic rings. The van der Waals surface area contributed by atoms with Crippen LogP contribution in [-0.2, 0) is 6.54 Å². The van der Waals surface area contributed by atoms with Gasteiger partial charge in [-0.05, 0) is 42.4 Å². The lowest BCUT2D eigenvalue weighted by molar-refractivity contribution is 0.0876. The molecule has 0 saturated heterocycles. The van der Waals surface area contributed by atoms with Crippen LogP contribution in [0.2, 0.25) is 0 Å². The van der Waals surface area contributed by atoms with E-state index in [9.17, 15) is 9.59 Å². The molecule has 0 atom stereocenters. The zero-order valence-corrected chi connectivity index (χ0v) is 10.9. The van der Waals surface area contributed by atoms with E-state index in [2.05, 4.69) is 10.4 Å². The van der Waals surface area contributed by atoms with Crippen molar-refractivity contribution in [2.24, 2.45) is 0 Å². The Morgan fingerprint density at radius 1 is 1.56 bits per heavy atom. The predicted molar refractivity (Wildman–Crippen MR) is 64.4 cm³/mol. The molecule has 1 aliphatic carbocycles. The standard InChI is InChI=1S/C10H10IN3O2/c1-5(15)6-7-9(16)12-10(2-3-10)4-14(7)13-8(6)11/h2-4H2,1H3,(H,12,16). The molecule has 3 rings (SSSR count). The van der Waals surface area contributed by atoms with Gasteiger partial charge in [-0.1, -0.05) is 0 Å². The van der Waals surface area contributed by atoms with Crippen LogP contribution in [0.15, 0.2) is 0 Å². The number of carbonyl (C=O) groups is 2. The monoisotopic (exact) mass is 331 g/mol. The highest BCUT2D eigenvalue weighted by Crippen LogP contribution is 2.40. The van der Waals surface area contributed by atoms with E-state index in [4.69, 9.17) is 0 Å². The van der Waals surface area contributed by atoms with Gasteiger partial charge in [0.05, 0.1) is 17.6 Å².